The van der Waals surface area contributed by atoms with Crippen molar-refractivity contribution in [3.8, 4) is 0 Å². The molecule has 2 heterocycles. The van der Waals surface area contributed by atoms with E-state index in [4.69, 9.17) is 0 Å². The number of aliphatic carboxylic acids is 1. The fourth-order valence-electron chi connectivity index (χ4n) is 4.12. The Morgan fingerprint density at radius 2 is 1.85 bits per heavy atom. The molecule has 1 aliphatic heterocycles. The van der Waals surface area contributed by atoms with E-state index in [1.165, 1.54) is 5.56 Å². The van der Waals surface area contributed by atoms with Crippen molar-refractivity contribution >= 4 is 16.7 Å². The number of piperidine rings is 1. The summed E-state index contributed by atoms with van der Waals surface area (Å²) in [5.74, 6) is -0.725. The first kappa shape index (κ1) is 17.7. The number of pyridine rings is 1. The normalized spacial score (nSPS) is 19.1. The molecule has 1 N–H and O–H groups in total. The third kappa shape index (κ3) is 3.58. The Kier molecular flexibility index (Phi) is 4.90. The molecule has 0 amide bonds. The Bertz CT molecular complexity index is 952. The van der Waals surface area contributed by atoms with Gasteiger partial charge in [-0.05, 0) is 55.0 Å². The largest absolute Gasteiger partial charge is 0.480 e. The lowest BCUT2D eigenvalue weighted by Crippen LogP contribution is -2.46. The van der Waals surface area contributed by atoms with Gasteiger partial charge in [0.05, 0.1) is 6.04 Å². The molecule has 0 saturated carbocycles. The van der Waals surface area contributed by atoms with E-state index >= 15 is 0 Å². The SMILES string of the molecule is Cc1ccc(C(c2ccc3cnccc3c2)N2CCCCC2C(=O)O)cc1. The third-order valence-corrected chi connectivity index (χ3v) is 5.53. The number of fused-ring (bicyclic) bond motifs is 1. The van der Waals surface area contributed by atoms with Gasteiger partial charge in [0, 0.05) is 17.8 Å². The molecule has 3 aromatic rings. The molecule has 138 valence electrons. The Morgan fingerprint density at radius 3 is 2.63 bits per heavy atom. The monoisotopic (exact) mass is 360 g/mol. The van der Waals surface area contributed by atoms with E-state index in [9.17, 15) is 9.90 Å². The van der Waals surface area contributed by atoms with Crippen LogP contribution >= 0.6 is 0 Å². The second kappa shape index (κ2) is 7.49. The molecular weight excluding hydrogens is 336 g/mol. The standard InChI is InChI=1S/C23H24N2O2/c1-16-5-7-17(8-6-16)22(25-13-3-2-4-21(25)23(26)27)19-9-10-20-15-24-12-11-18(20)14-19/h5-12,14-15,21-22H,2-4,13H2,1H3,(H,26,27). The molecule has 2 atom stereocenters. The van der Waals surface area contributed by atoms with Crippen molar-refractivity contribution in [2.75, 3.05) is 6.54 Å². The molecule has 1 saturated heterocycles. The summed E-state index contributed by atoms with van der Waals surface area (Å²) in [5, 5.41) is 12.0. The molecule has 1 fully saturated rings. The Morgan fingerprint density at radius 1 is 1.07 bits per heavy atom. The van der Waals surface area contributed by atoms with E-state index in [1.807, 2.05) is 12.3 Å². The highest BCUT2D eigenvalue weighted by atomic mass is 16.4. The summed E-state index contributed by atoms with van der Waals surface area (Å²) < 4.78 is 0. The molecule has 1 aromatic heterocycles. The topological polar surface area (TPSA) is 53.4 Å². The predicted octanol–water partition coefficient (Wildman–Crippen LogP) is 4.57. The summed E-state index contributed by atoms with van der Waals surface area (Å²) in [7, 11) is 0. The van der Waals surface area contributed by atoms with Crippen LogP contribution in [0.2, 0.25) is 0 Å². The van der Waals surface area contributed by atoms with E-state index in [0.717, 1.165) is 41.3 Å². The zero-order valence-electron chi connectivity index (χ0n) is 15.5. The van der Waals surface area contributed by atoms with Crippen molar-refractivity contribution in [2.45, 2.75) is 38.3 Å². The van der Waals surface area contributed by atoms with E-state index < -0.39 is 12.0 Å². The van der Waals surface area contributed by atoms with E-state index in [2.05, 4.69) is 59.3 Å². The summed E-state index contributed by atoms with van der Waals surface area (Å²) in [4.78, 5) is 18.3. The number of carboxylic acid groups (broad SMARTS) is 1. The third-order valence-electron chi connectivity index (χ3n) is 5.53. The first-order chi connectivity index (χ1) is 13.1. The lowest BCUT2D eigenvalue weighted by molar-refractivity contribution is -0.145. The van der Waals surface area contributed by atoms with Crippen LogP contribution in [0, 0.1) is 6.92 Å². The van der Waals surface area contributed by atoms with Crippen LogP contribution in [0.1, 0.15) is 42.0 Å². The highest BCUT2D eigenvalue weighted by molar-refractivity contribution is 5.82. The minimum Gasteiger partial charge on any atom is -0.480 e. The predicted molar refractivity (Wildman–Crippen MR) is 107 cm³/mol. The van der Waals surface area contributed by atoms with Crippen LogP contribution in [0.3, 0.4) is 0 Å². The summed E-state index contributed by atoms with van der Waals surface area (Å²) in [6.07, 6.45) is 6.37. The highest BCUT2D eigenvalue weighted by Crippen LogP contribution is 2.35. The van der Waals surface area contributed by atoms with Gasteiger partial charge in [-0.15, -0.1) is 0 Å². The average molecular weight is 360 g/mol. The summed E-state index contributed by atoms with van der Waals surface area (Å²) in [6.45, 7) is 2.87. The molecule has 4 heteroatoms. The molecule has 0 radical (unpaired) electrons. The summed E-state index contributed by atoms with van der Waals surface area (Å²) in [5.41, 5.74) is 3.48. The number of rotatable bonds is 4. The van der Waals surface area contributed by atoms with Gasteiger partial charge in [-0.2, -0.15) is 0 Å². The van der Waals surface area contributed by atoms with Crippen LogP contribution in [0.5, 0.6) is 0 Å². The Labute approximate surface area is 159 Å². The number of likely N-dealkylation sites (tertiary alicyclic amines) is 1. The Hall–Kier alpha value is -2.72. The molecular formula is C23H24N2O2. The van der Waals surface area contributed by atoms with Gasteiger partial charge >= 0.3 is 5.97 Å². The zero-order chi connectivity index (χ0) is 18.8. The fraction of sp³-hybridized carbons (Fsp3) is 0.304. The van der Waals surface area contributed by atoms with Gasteiger partial charge < -0.3 is 5.11 Å². The Balaban J connectivity index is 1.83. The van der Waals surface area contributed by atoms with E-state index in [0.29, 0.717) is 6.42 Å². The van der Waals surface area contributed by atoms with Crippen LogP contribution in [0.15, 0.2) is 60.9 Å². The lowest BCUT2D eigenvalue weighted by Gasteiger charge is -2.39. The van der Waals surface area contributed by atoms with Crippen LogP contribution in [-0.2, 0) is 4.79 Å². The van der Waals surface area contributed by atoms with Gasteiger partial charge in [0.15, 0.2) is 0 Å². The number of hydrogen-bond donors (Lipinski definition) is 1. The number of hydrogen-bond acceptors (Lipinski definition) is 3. The van der Waals surface area contributed by atoms with Crippen LogP contribution in [0.4, 0.5) is 0 Å². The second-order valence-electron chi connectivity index (χ2n) is 7.38. The van der Waals surface area contributed by atoms with Crippen LogP contribution in [0.25, 0.3) is 10.8 Å². The smallest absolute Gasteiger partial charge is 0.320 e. The number of aromatic nitrogens is 1. The minimum absolute atomic E-state index is 0.0652. The van der Waals surface area contributed by atoms with Crippen molar-refractivity contribution in [3.63, 3.8) is 0 Å². The van der Waals surface area contributed by atoms with Crippen molar-refractivity contribution in [1.82, 2.24) is 9.88 Å². The van der Waals surface area contributed by atoms with E-state index in [1.54, 1.807) is 6.20 Å². The van der Waals surface area contributed by atoms with E-state index in [-0.39, 0.29) is 6.04 Å². The molecule has 0 aliphatic carbocycles. The molecule has 4 rings (SSSR count). The van der Waals surface area contributed by atoms with Crippen molar-refractivity contribution in [2.24, 2.45) is 0 Å². The molecule has 2 unspecified atom stereocenters. The molecule has 0 spiro atoms. The van der Waals surface area contributed by atoms with Gasteiger partial charge in [-0.25, -0.2) is 0 Å². The quantitative estimate of drug-likeness (QED) is 0.740. The van der Waals surface area contributed by atoms with Gasteiger partial charge in [-0.1, -0.05) is 48.4 Å². The summed E-state index contributed by atoms with van der Waals surface area (Å²) >= 11 is 0. The van der Waals surface area contributed by atoms with Gasteiger partial charge in [0.2, 0.25) is 0 Å². The van der Waals surface area contributed by atoms with Gasteiger partial charge in [0.1, 0.15) is 6.04 Å². The summed E-state index contributed by atoms with van der Waals surface area (Å²) in [6, 6.07) is 16.3. The van der Waals surface area contributed by atoms with Crippen LogP contribution in [-0.4, -0.2) is 33.5 Å². The van der Waals surface area contributed by atoms with Gasteiger partial charge in [-0.3, -0.25) is 14.7 Å². The van der Waals surface area contributed by atoms with Crippen LogP contribution < -0.4 is 0 Å². The lowest BCUT2D eigenvalue weighted by atomic mass is 9.90. The highest BCUT2D eigenvalue weighted by Gasteiger charge is 2.35. The van der Waals surface area contributed by atoms with Crippen molar-refractivity contribution < 1.29 is 9.90 Å². The maximum atomic E-state index is 11.9. The fourth-order valence-corrected chi connectivity index (χ4v) is 4.12. The van der Waals surface area contributed by atoms with Crippen molar-refractivity contribution in [1.29, 1.82) is 0 Å². The first-order valence-corrected chi connectivity index (χ1v) is 9.52. The molecule has 1 aliphatic rings. The first-order valence-electron chi connectivity index (χ1n) is 9.52. The zero-order valence-corrected chi connectivity index (χ0v) is 15.5. The maximum Gasteiger partial charge on any atom is 0.320 e. The number of aryl methyl sites for hydroxylation is 1. The molecule has 0 bridgehead atoms. The second-order valence-corrected chi connectivity index (χ2v) is 7.38. The van der Waals surface area contributed by atoms with Crippen molar-refractivity contribution in [3.05, 3.63) is 77.6 Å². The minimum atomic E-state index is -0.725. The molecule has 27 heavy (non-hydrogen) atoms. The number of nitrogens with zero attached hydrogens (tertiary/aromatic N) is 2. The molecule has 4 nitrogen and oxygen atoms in total. The molecule has 2 aromatic carbocycles. The maximum absolute atomic E-state index is 11.9. The van der Waals surface area contributed by atoms with Gasteiger partial charge in [0.25, 0.3) is 0 Å². The average Bonchev–Trinajstić information content (AvgIpc) is 2.70. The number of benzene rings is 2. The number of carbonyl (C=O) groups is 1. The number of carboxylic acids is 1.